The van der Waals surface area contributed by atoms with E-state index in [1.165, 1.54) is 44.4 Å². The van der Waals surface area contributed by atoms with Crippen LogP contribution in [0.25, 0.3) is 6.08 Å². The molecule has 6 heteroatoms. The van der Waals surface area contributed by atoms with Gasteiger partial charge in [0.05, 0.1) is 7.11 Å². The first-order valence-corrected chi connectivity index (χ1v) is 5.52. The van der Waals surface area contributed by atoms with Gasteiger partial charge in [-0.15, -0.1) is 0 Å². The smallest absolute Gasteiger partial charge is 0.328 e. The highest BCUT2D eigenvalue weighted by atomic mass is 16.5. The van der Waals surface area contributed by atoms with Gasteiger partial charge >= 0.3 is 5.97 Å². The number of rotatable bonds is 4. The average molecular weight is 265 g/mol. The van der Waals surface area contributed by atoms with Crippen molar-refractivity contribution in [3.63, 3.8) is 0 Å². The minimum absolute atomic E-state index is 0.235. The number of carbonyl (C=O) groups is 2. The van der Waals surface area contributed by atoms with Gasteiger partial charge in [-0.3, -0.25) is 4.79 Å². The van der Waals surface area contributed by atoms with E-state index in [0.717, 1.165) is 0 Å². The Morgan fingerprint density at radius 3 is 2.58 bits per heavy atom. The highest BCUT2D eigenvalue weighted by Crippen LogP contribution is 2.25. The summed E-state index contributed by atoms with van der Waals surface area (Å²) in [5.74, 6) is -1.51. The number of phenolic OH excluding ortho intramolecular Hbond substituents is 2. The van der Waals surface area contributed by atoms with Gasteiger partial charge in [-0.2, -0.15) is 0 Å². The third-order valence-corrected chi connectivity index (χ3v) is 2.34. The molecular weight excluding hydrogens is 250 g/mol. The quantitative estimate of drug-likeness (QED) is 0.425. The second-order valence-electron chi connectivity index (χ2n) is 3.83. The van der Waals surface area contributed by atoms with Crippen LogP contribution in [-0.4, -0.2) is 35.2 Å². The second kappa shape index (κ2) is 6.44. The normalized spacial score (nSPS) is 12.1. The first kappa shape index (κ1) is 14.6. The van der Waals surface area contributed by atoms with Crippen molar-refractivity contribution in [1.29, 1.82) is 0 Å². The molecule has 19 heavy (non-hydrogen) atoms. The Hall–Kier alpha value is -2.50. The van der Waals surface area contributed by atoms with E-state index in [4.69, 9.17) is 5.11 Å². The first-order chi connectivity index (χ1) is 8.93. The number of amides is 1. The molecule has 1 rings (SSSR count). The Bertz CT molecular complexity index is 510. The zero-order valence-corrected chi connectivity index (χ0v) is 10.6. The summed E-state index contributed by atoms with van der Waals surface area (Å²) in [5.41, 5.74) is 0.538. The number of ether oxygens (including phenoxy) is 1. The zero-order valence-electron chi connectivity index (χ0n) is 10.6. The van der Waals surface area contributed by atoms with Crippen LogP contribution in [0, 0.1) is 0 Å². The summed E-state index contributed by atoms with van der Waals surface area (Å²) in [5, 5.41) is 20.8. The van der Waals surface area contributed by atoms with Gasteiger partial charge in [-0.25, -0.2) is 4.79 Å². The van der Waals surface area contributed by atoms with E-state index in [1.807, 2.05) is 0 Å². The number of hydrogen-bond donors (Lipinski definition) is 3. The average Bonchev–Trinajstić information content (AvgIpc) is 2.39. The molecule has 0 aliphatic carbocycles. The molecule has 3 N–H and O–H groups in total. The molecule has 102 valence electrons. The zero-order chi connectivity index (χ0) is 14.4. The number of benzene rings is 1. The molecule has 0 aromatic heterocycles. The molecular formula is C13H15NO5. The maximum atomic E-state index is 11.5. The van der Waals surface area contributed by atoms with Crippen LogP contribution >= 0.6 is 0 Å². The SMILES string of the molecule is COC(=O)C(C)NC(=O)/C=C/c1ccc(O)c(O)c1. The molecule has 6 nitrogen and oxygen atoms in total. The Kier molecular flexibility index (Phi) is 4.93. The van der Waals surface area contributed by atoms with Crippen LogP contribution < -0.4 is 5.32 Å². The summed E-state index contributed by atoms with van der Waals surface area (Å²) in [7, 11) is 1.24. The van der Waals surface area contributed by atoms with E-state index in [9.17, 15) is 14.7 Å². The molecule has 1 amide bonds. The molecule has 0 radical (unpaired) electrons. The number of nitrogens with one attached hydrogen (secondary N) is 1. The van der Waals surface area contributed by atoms with E-state index >= 15 is 0 Å². The van der Waals surface area contributed by atoms with Gasteiger partial charge in [0, 0.05) is 6.08 Å². The molecule has 0 bridgehead atoms. The van der Waals surface area contributed by atoms with Crippen LogP contribution in [0.5, 0.6) is 11.5 Å². The lowest BCUT2D eigenvalue weighted by atomic mass is 10.2. The molecule has 0 fully saturated rings. The Morgan fingerprint density at radius 1 is 1.32 bits per heavy atom. The number of aromatic hydroxyl groups is 2. The van der Waals surface area contributed by atoms with Crippen molar-refractivity contribution in [1.82, 2.24) is 5.32 Å². The van der Waals surface area contributed by atoms with E-state index in [1.54, 1.807) is 0 Å². The fourth-order valence-electron chi connectivity index (χ4n) is 1.31. The second-order valence-corrected chi connectivity index (χ2v) is 3.83. The predicted molar refractivity (Wildman–Crippen MR) is 68.4 cm³/mol. The van der Waals surface area contributed by atoms with Crippen molar-refractivity contribution in [3.05, 3.63) is 29.8 Å². The molecule has 0 saturated carbocycles. The largest absolute Gasteiger partial charge is 0.504 e. The molecule has 1 aromatic carbocycles. The summed E-state index contributed by atoms with van der Waals surface area (Å²) in [6, 6.07) is 3.41. The van der Waals surface area contributed by atoms with Gasteiger partial charge in [0.1, 0.15) is 6.04 Å². The summed E-state index contributed by atoms with van der Waals surface area (Å²) in [6.45, 7) is 1.50. The minimum atomic E-state index is -0.740. The van der Waals surface area contributed by atoms with Gasteiger partial charge in [-0.05, 0) is 30.7 Å². The Labute approximate surface area is 110 Å². The maximum absolute atomic E-state index is 11.5. The van der Waals surface area contributed by atoms with Crippen molar-refractivity contribution >= 4 is 18.0 Å². The van der Waals surface area contributed by atoms with Crippen LogP contribution in [0.4, 0.5) is 0 Å². The number of hydrogen-bond acceptors (Lipinski definition) is 5. The third kappa shape index (κ3) is 4.34. The van der Waals surface area contributed by atoms with Crippen molar-refractivity contribution in [2.45, 2.75) is 13.0 Å². The summed E-state index contributed by atoms with van der Waals surface area (Å²) in [6.07, 6.45) is 2.66. The van der Waals surface area contributed by atoms with E-state index in [-0.39, 0.29) is 11.5 Å². The minimum Gasteiger partial charge on any atom is -0.504 e. The van der Waals surface area contributed by atoms with Gasteiger partial charge < -0.3 is 20.3 Å². The van der Waals surface area contributed by atoms with Gasteiger partial charge in [0.2, 0.25) is 5.91 Å². The van der Waals surface area contributed by atoms with Crippen LogP contribution in [0.1, 0.15) is 12.5 Å². The van der Waals surface area contributed by atoms with Crippen LogP contribution in [-0.2, 0) is 14.3 Å². The Morgan fingerprint density at radius 2 is 2.00 bits per heavy atom. The molecule has 0 aliphatic rings. The summed E-state index contributed by atoms with van der Waals surface area (Å²) >= 11 is 0. The fourth-order valence-corrected chi connectivity index (χ4v) is 1.31. The molecule has 0 spiro atoms. The van der Waals surface area contributed by atoms with Crippen LogP contribution in [0.3, 0.4) is 0 Å². The number of phenols is 2. The van der Waals surface area contributed by atoms with E-state index in [0.29, 0.717) is 5.56 Å². The standard InChI is InChI=1S/C13H15NO5/c1-8(13(18)19-2)14-12(17)6-4-9-3-5-10(15)11(16)7-9/h3-8,15-16H,1-2H3,(H,14,17)/b6-4+. The van der Waals surface area contributed by atoms with E-state index < -0.39 is 17.9 Å². The fraction of sp³-hybridized carbons (Fsp3) is 0.231. The molecule has 1 atom stereocenters. The van der Waals surface area contributed by atoms with Crippen molar-refractivity contribution in [2.24, 2.45) is 0 Å². The number of methoxy groups -OCH3 is 1. The van der Waals surface area contributed by atoms with E-state index in [2.05, 4.69) is 10.1 Å². The molecule has 0 saturated heterocycles. The van der Waals surface area contributed by atoms with Gasteiger partial charge in [0.25, 0.3) is 0 Å². The van der Waals surface area contributed by atoms with Crippen molar-refractivity contribution in [2.75, 3.05) is 7.11 Å². The lowest BCUT2D eigenvalue weighted by molar-refractivity contribution is -0.144. The number of esters is 1. The molecule has 0 aliphatic heterocycles. The van der Waals surface area contributed by atoms with Gasteiger partial charge in [0.15, 0.2) is 11.5 Å². The lowest BCUT2D eigenvalue weighted by Gasteiger charge is -2.09. The van der Waals surface area contributed by atoms with Crippen LogP contribution in [0.2, 0.25) is 0 Å². The molecule has 0 heterocycles. The third-order valence-electron chi connectivity index (χ3n) is 2.34. The lowest BCUT2D eigenvalue weighted by Crippen LogP contribution is -2.38. The molecule has 1 aromatic rings. The molecule has 1 unspecified atom stereocenters. The topological polar surface area (TPSA) is 95.9 Å². The first-order valence-electron chi connectivity index (χ1n) is 5.52. The van der Waals surface area contributed by atoms with Gasteiger partial charge in [-0.1, -0.05) is 6.07 Å². The number of carbonyl (C=O) groups excluding carboxylic acids is 2. The highest BCUT2D eigenvalue weighted by molar-refractivity contribution is 5.94. The summed E-state index contributed by atoms with van der Waals surface area (Å²) < 4.78 is 4.47. The summed E-state index contributed by atoms with van der Waals surface area (Å²) in [4.78, 5) is 22.6. The van der Waals surface area contributed by atoms with Crippen molar-refractivity contribution in [3.8, 4) is 11.5 Å². The highest BCUT2D eigenvalue weighted by Gasteiger charge is 2.13. The maximum Gasteiger partial charge on any atom is 0.328 e. The monoisotopic (exact) mass is 265 g/mol. The Balaban J connectivity index is 2.63. The van der Waals surface area contributed by atoms with Crippen molar-refractivity contribution < 1.29 is 24.5 Å². The predicted octanol–water partition coefficient (Wildman–Crippen LogP) is 0.789. The van der Waals surface area contributed by atoms with Crippen LogP contribution in [0.15, 0.2) is 24.3 Å².